The average molecular weight is 199 g/mol. The van der Waals surface area contributed by atoms with E-state index >= 15 is 0 Å². The molecule has 0 atom stereocenters. The van der Waals surface area contributed by atoms with Crippen LogP contribution in [0.4, 0.5) is 14.5 Å². The summed E-state index contributed by atoms with van der Waals surface area (Å²) in [7, 11) is 0. The zero-order valence-corrected chi connectivity index (χ0v) is 7.97. The number of hydrogen-bond acceptors (Lipinski definition) is 1. The number of carbonyl (C=O) groups is 1. The molecule has 1 amide bonds. The van der Waals surface area contributed by atoms with Crippen molar-refractivity contribution in [2.45, 2.75) is 13.8 Å². The molecule has 0 bridgehead atoms. The molecule has 1 N–H and O–H groups in total. The lowest BCUT2D eigenvalue weighted by molar-refractivity contribution is -0.118. The largest absolute Gasteiger partial charge is 0.323 e. The van der Waals surface area contributed by atoms with Gasteiger partial charge in [-0.15, -0.1) is 0 Å². The molecule has 0 aliphatic heterocycles. The third-order valence-corrected chi connectivity index (χ3v) is 1.71. The molecule has 0 aliphatic rings. The highest BCUT2D eigenvalue weighted by Crippen LogP contribution is 2.15. The summed E-state index contributed by atoms with van der Waals surface area (Å²) in [6, 6.07) is 3.03. The molecule has 2 nitrogen and oxygen atoms in total. The van der Waals surface area contributed by atoms with Gasteiger partial charge in [-0.05, 0) is 12.1 Å². The van der Waals surface area contributed by atoms with Gasteiger partial charge in [0.2, 0.25) is 5.91 Å². The minimum atomic E-state index is -0.765. The van der Waals surface area contributed by atoms with Crippen LogP contribution in [0.3, 0.4) is 0 Å². The Balaban J connectivity index is 2.82. The van der Waals surface area contributed by atoms with Crippen molar-refractivity contribution in [3.05, 3.63) is 29.8 Å². The van der Waals surface area contributed by atoms with Gasteiger partial charge in [0, 0.05) is 12.0 Å². The molecule has 1 rings (SSSR count). The molecule has 0 fully saturated rings. The van der Waals surface area contributed by atoms with Gasteiger partial charge in [-0.1, -0.05) is 13.8 Å². The highest BCUT2D eigenvalue weighted by Gasteiger charge is 2.10. The van der Waals surface area contributed by atoms with Gasteiger partial charge in [-0.2, -0.15) is 0 Å². The number of halogens is 2. The number of nitrogens with one attached hydrogen (secondary N) is 1. The second-order valence-corrected chi connectivity index (χ2v) is 3.27. The van der Waals surface area contributed by atoms with Crippen molar-refractivity contribution in [2.75, 3.05) is 5.32 Å². The molecule has 76 valence electrons. The van der Waals surface area contributed by atoms with Crippen LogP contribution in [0.2, 0.25) is 0 Å². The summed E-state index contributed by atoms with van der Waals surface area (Å²) in [6.45, 7) is 3.38. The van der Waals surface area contributed by atoms with Crippen molar-refractivity contribution in [2.24, 2.45) is 5.92 Å². The maximum atomic E-state index is 13.0. The lowest BCUT2D eigenvalue weighted by atomic mass is 10.2. The summed E-state index contributed by atoms with van der Waals surface area (Å²) in [5, 5.41) is 2.36. The van der Waals surface area contributed by atoms with Crippen LogP contribution >= 0.6 is 0 Å². The molecule has 1 aromatic rings. The van der Waals surface area contributed by atoms with E-state index in [4.69, 9.17) is 0 Å². The summed E-state index contributed by atoms with van der Waals surface area (Å²) in [4.78, 5) is 11.2. The van der Waals surface area contributed by atoms with E-state index in [2.05, 4.69) is 5.32 Å². The van der Waals surface area contributed by atoms with E-state index in [-0.39, 0.29) is 17.5 Å². The van der Waals surface area contributed by atoms with Gasteiger partial charge in [0.15, 0.2) is 0 Å². The Bertz CT molecular complexity index is 350. The van der Waals surface area contributed by atoms with Gasteiger partial charge in [0.1, 0.15) is 11.6 Å². The highest BCUT2D eigenvalue weighted by atomic mass is 19.1. The van der Waals surface area contributed by atoms with E-state index in [9.17, 15) is 13.6 Å². The fourth-order valence-corrected chi connectivity index (χ4v) is 0.868. The number of carbonyl (C=O) groups excluding carboxylic acids is 1. The summed E-state index contributed by atoms with van der Waals surface area (Å²) in [5.74, 6) is -1.96. The van der Waals surface area contributed by atoms with Crippen molar-refractivity contribution in [1.82, 2.24) is 0 Å². The zero-order chi connectivity index (χ0) is 10.7. The number of anilines is 1. The van der Waals surface area contributed by atoms with Gasteiger partial charge in [-0.25, -0.2) is 8.78 Å². The maximum absolute atomic E-state index is 13.0. The predicted octanol–water partition coefficient (Wildman–Crippen LogP) is 2.56. The first-order chi connectivity index (χ1) is 6.50. The lowest BCUT2D eigenvalue weighted by Gasteiger charge is -2.08. The minimum Gasteiger partial charge on any atom is -0.323 e. The Hall–Kier alpha value is -1.45. The van der Waals surface area contributed by atoms with Crippen molar-refractivity contribution in [1.29, 1.82) is 0 Å². The van der Waals surface area contributed by atoms with E-state index in [1.807, 2.05) is 0 Å². The zero-order valence-electron chi connectivity index (χ0n) is 7.97. The first kappa shape index (κ1) is 10.6. The van der Waals surface area contributed by atoms with Crippen LogP contribution in [-0.4, -0.2) is 5.91 Å². The molecule has 0 spiro atoms. The number of benzene rings is 1. The predicted molar refractivity (Wildman–Crippen MR) is 49.8 cm³/mol. The second kappa shape index (κ2) is 4.17. The fourth-order valence-electron chi connectivity index (χ4n) is 0.868. The van der Waals surface area contributed by atoms with Gasteiger partial charge in [0.25, 0.3) is 0 Å². The Labute approximate surface area is 80.9 Å². The number of amides is 1. The molecule has 0 saturated carbocycles. The van der Waals surface area contributed by atoms with Gasteiger partial charge >= 0.3 is 0 Å². The molecular formula is C10H11F2NO. The Kier molecular flexibility index (Phi) is 3.17. The van der Waals surface area contributed by atoms with Crippen LogP contribution in [0.15, 0.2) is 18.2 Å². The van der Waals surface area contributed by atoms with E-state index in [0.717, 1.165) is 12.1 Å². The smallest absolute Gasteiger partial charge is 0.227 e. The van der Waals surface area contributed by atoms with E-state index in [1.54, 1.807) is 13.8 Å². The summed E-state index contributed by atoms with van der Waals surface area (Å²) < 4.78 is 25.5. The molecule has 1 aromatic carbocycles. The second-order valence-electron chi connectivity index (χ2n) is 3.27. The maximum Gasteiger partial charge on any atom is 0.227 e. The monoisotopic (exact) mass is 199 g/mol. The molecule has 0 aliphatic carbocycles. The third-order valence-electron chi connectivity index (χ3n) is 1.71. The summed E-state index contributed by atoms with van der Waals surface area (Å²) >= 11 is 0. The average Bonchev–Trinajstić information content (AvgIpc) is 2.09. The SMILES string of the molecule is CC(C)C(=O)Nc1ccc(F)cc1F. The van der Waals surface area contributed by atoms with Gasteiger partial charge < -0.3 is 5.32 Å². The minimum absolute atomic E-state index is 0.00472. The van der Waals surface area contributed by atoms with Crippen LogP contribution in [-0.2, 0) is 4.79 Å². The van der Waals surface area contributed by atoms with E-state index in [0.29, 0.717) is 0 Å². The van der Waals surface area contributed by atoms with Crippen molar-refractivity contribution in [3.63, 3.8) is 0 Å². The first-order valence-corrected chi connectivity index (χ1v) is 4.26. The fraction of sp³-hybridized carbons (Fsp3) is 0.300. The quantitative estimate of drug-likeness (QED) is 0.779. The Morgan fingerprint density at radius 1 is 1.36 bits per heavy atom. The normalized spacial score (nSPS) is 10.4. The molecule has 0 unspecified atom stereocenters. The summed E-state index contributed by atoms with van der Waals surface area (Å²) in [5.41, 5.74) is 0.00472. The molecule has 0 radical (unpaired) electrons. The van der Waals surface area contributed by atoms with Crippen molar-refractivity contribution >= 4 is 11.6 Å². The van der Waals surface area contributed by atoms with Crippen molar-refractivity contribution < 1.29 is 13.6 Å². The lowest BCUT2D eigenvalue weighted by Crippen LogP contribution is -2.18. The Morgan fingerprint density at radius 2 is 2.00 bits per heavy atom. The van der Waals surface area contributed by atoms with Crippen LogP contribution in [0.1, 0.15) is 13.8 Å². The molecule has 0 saturated heterocycles. The van der Waals surface area contributed by atoms with Crippen molar-refractivity contribution in [3.8, 4) is 0 Å². The highest BCUT2D eigenvalue weighted by molar-refractivity contribution is 5.92. The van der Waals surface area contributed by atoms with Crippen LogP contribution in [0.25, 0.3) is 0 Å². The van der Waals surface area contributed by atoms with E-state index < -0.39 is 11.6 Å². The van der Waals surface area contributed by atoms with Crippen LogP contribution < -0.4 is 5.32 Å². The van der Waals surface area contributed by atoms with Crippen LogP contribution in [0, 0.1) is 17.6 Å². The number of rotatable bonds is 2. The standard InChI is InChI=1S/C10H11F2NO/c1-6(2)10(14)13-9-4-3-7(11)5-8(9)12/h3-6H,1-2H3,(H,13,14). The van der Waals surface area contributed by atoms with E-state index in [1.165, 1.54) is 6.07 Å². The van der Waals surface area contributed by atoms with Gasteiger partial charge in [0.05, 0.1) is 5.69 Å². The van der Waals surface area contributed by atoms with Gasteiger partial charge in [-0.3, -0.25) is 4.79 Å². The molecule has 0 heterocycles. The molecular weight excluding hydrogens is 188 g/mol. The van der Waals surface area contributed by atoms with Crippen LogP contribution in [0.5, 0.6) is 0 Å². The number of hydrogen-bond donors (Lipinski definition) is 1. The summed E-state index contributed by atoms with van der Waals surface area (Å²) in [6.07, 6.45) is 0. The third kappa shape index (κ3) is 2.52. The Morgan fingerprint density at radius 3 is 2.50 bits per heavy atom. The molecule has 0 aromatic heterocycles. The first-order valence-electron chi connectivity index (χ1n) is 4.26. The molecule has 4 heteroatoms. The molecule has 14 heavy (non-hydrogen) atoms. The topological polar surface area (TPSA) is 29.1 Å².